The lowest BCUT2D eigenvalue weighted by molar-refractivity contribution is -0.130. The van der Waals surface area contributed by atoms with Crippen LogP contribution in [0.4, 0.5) is 10.1 Å². The molecule has 2 amide bonds. The third kappa shape index (κ3) is 3.85. The Labute approximate surface area is 144 Å². The molecule has 2 aromatic rings. The van der Waals surface area contributed by atoms with Crippen molar-refractivity contribution in [3.8, 4) is 0 Å². The van der Waals surface area contributed by atoms with Gasteiger partial charge in [0.05, 0.1) is 17.9 Å². The van der Waals surface area contributed by atoms with E-state index in [0.29, 0.717) is 24.3 Å². The average molecular weight is 345 g/mol. The van der Waals surface area contributed by atoms with Crippen molar-refractivity contribution in [3.05, 3.63) is 47.5 Å². The molecule has 0 aliphatic carbocycles. The number of nitrogens with zero attached hydrogens (tertiary/aromatic N) is 3. The van der Waals surface area contributed by atoms with Crippen LogP contribution in [0.3, 0.4) is 0 Å². The van der Waals surface area contributed by atoms with E-state index in [4.69, 9.17) is 0 Å². The Balaban J connectivity index is 1.74. The number of hydrogen-bond donors (Lipinski definition) is 2. The zero-order valence-electron chi connectivity index (χ0n) is 14.1. The number of benzene rings is 1. The number of piperazine rings is 1. The van der Waals surface area contributed by atoms with Crippen LogP contribution in [0.5, 0.6) is 0 Å². The molecule has 1 aromatic heterocycles. The minimum atomic E-state index is -0.616. The maximum absolute atomic E-state index is 13.2. The summed E-state index contributed by atoms with van der Waals surface area (Å²) in [6.45, 7) is 2.87. The van der Waals surface area contributed by atoms with Gasteiger partial charge in [0.15, 0.2) is 0 Å². The lowest BCUT2D eigenvalue weighted by atomic mass is 10.0. The van der Waals surface area contributed by atoms with Crippen LogP contribution in [0, 0.1) is 12.7 Å². The Bertz CT molecular complexity index is 787. The van der Waals surface area contributed by atoms with Crippen molar-refractivity contribution in [2.75, 3.05) is 25.0 Å². The van der Waals surface area contributed by atoms with Gasteiger partial charge in [0.1, 0.15) is 11.9 Å². The van der Waals surface area contributed by atoms with Crippen LogP contribution in [0.15, 0.2) is 30.5 Å². The Morgan fingerprint density at radius 1 is 1.40 bits per heavy atom. The predicted octanol–water partition coefficient (Wildman–Crippen LogP) is 0.979. The van der Waals surface area contributed by atoms with Gasteiger partial charge in [-0.05, 0) is 24.6 Å². The van der Waals surface area contributed by atoms with Crippen LogP contribution in [0.1, 0.15) is 17.3 Å². The molecular formula is C17H20FN5O2. The number of nitrogens with one attached hydrogen (secondary N) is 2. The molecule has 132 valence electrons. The number of carbonyl (C=O) groups is 2. The average Bonchev–Trinajstić information content (AvgIpc) is 2.86. The summed E-state index contributed by atoms with van der Waals surface area (Å²) in [5, 5.41) is 9.79. The summed E-state index contributed by atoms with van der Waals surface area (Å²) < 4.78 is 14.8. The van der Waals surface area contributed by atoms with E-state index in [2.05, 4.69) is 15.7 Å². The van der Waals surface area contributed by atoms with Crippen molar-refractivity contribution >= 4 is 17.5 Å². The summed E-state index contributed by atoms with van der Waals surface area (Å²) in [6.07, 6.45) is 1.73. The van der Waals surface area contributed by atoms with Crippen molar-refractivity contribution in [3.63, 3.8) is 0 Å². The van der Waals surface area contributed by atoms with E-state index in [1.165, 1.54) is 12.1 Å². The van der Waals surface area contributed by atoms with Gasteiger partial charge in [-0.1, -0.05) is 12.1 Å². The Morgan fingerprint density at radius 2 is 2.12 bits per heavy atom. The first-order valence-electron chi connectivity index (χ1n) is 8.01. The lowest BCUT2D eigenvalue weighted by Crippen LogP contribution is -2.51. The molecule has 1 unspecified atom stereocenters. The summed E-state index contributed by atoms with van der Waals surface area (Å²) in [7, 11) is 1.78. The summed E-state index contributed by atoms with van der Waals surface area (Å²) in [5.41, 5.74) is 2.03. The molecule has 1 atom stereocenters. The van der Waals surface area contributed by atoms with E-state index in [9.17, 15) is 14.0 Å². The van der Waals surface area contributed by atoms with E-state index >= 15 is 0 Å². The molecule has 1 fully saturated rings. The van der Waals surface area contributed by atoms with E-state index < -0.39 is 6.04 Å². The van der Waals surface area contributed by atoms with Gasteiger partial charge in [0, 0.05) is 26.3 Å². The largest absolute Gasteiger partial charge is 0.353 e. The van der Waals surface area contributed by atoms with Gasteiger partial charge < -0.3 is 10.6 Å². The molecule has 1 saturated heterocycles. The number of rotatable bonds is 4. The second-order valence-electron chi connectivity index (χ2n) is 6.07. The number of aryl methyl sites for hydroxylation is 2. The molecule has 2 N–H and O–H groups in total. The SMILES string of the molecule is Cc1nn(C)cc1NC(=O)CN1CCNC(=O)C1c1ccc(F)cc1. The smallest absolute Gasteiger partial charge is 0.242 e. The quantitative estimate of drug-likeness (QED) is 0.866. The molecule has 1 aromatic carbocycles. The van der Waals surface area contributed by atoms with Crippen LogP contribution in [0.2, 0.25) is 0 Å². The molecule has 1 aliphatic heterocycles. The lowest BCUT2D eigenvalue weighted by Gasteiger charge is -2.34. The number of amides is 2. The maximum Gasteiger partial charge on any atom is 0.242 e. The molecule has 2 heterocycles. The maximum atomic E-state index is 13.2. The van der Waals surface area contributed by atoms with Gasteiger partial charge in [-0.3, -0.25) is 19.2 Å². The predicted molar refractivity (Wildman–Crippen MR) is 90.3 cm³/mol. The van der Waals surface area contributed by atoms with E-state index in [1.807, 2.05) is 6.92 Å². The van der Waals surface area contributed by atoms with Gasteiger partial charge in [0.25, 0.3) is 0 Å². The highest BCUT2D eigenvalue weighted by Gasteiger charge is 2.32. The summed E-state index contributed by atoms with van der Waals surface area (Å²) in [6, 6.07) is 5.15. The number of carbonyl (C=O) groups excluding carboxylic acids is 2. The molecule has 0 bridgehead atoms. The highest BCUT2D eigenvalue weighted by atomic mass is 19.1. The number of anilines is 1. The van der Waals surface area contributed by atoms with Crippen molar-refractivity contribution in [2.45, 2.75) is 13.0 Å². The number of halogens is 1. The third-order valence-electron chi connectivity index (χ3n) is 4.13. The van der Waals surface area contributed by atoms with Crippen LogP contribution in [-0.4, -0.2) is 46.1 Å². The topological polar surface area (TPSA) is 79.3 Å². The fourth-order valence-electron chi connectivity index (χ4n) is 2.99. The van der Waals surface area contributed by atoms with Crippen molar-refractivity contribution in [1.29, 1.82) is 0 Å². The second kappa shape index (κ2) is 7.02. The molecule has 0 spiro atoms. The van der Waals surface area contributed by atoms with Crippen molar-refractivity contribution in [2.24, 2.45) is 7.05 Å². The summed E-state index contributed by atoms with van der Waals surface area (Å²) in [4.78, 5) is 26.5. The third-order valence-corrected chi connectivity index (χ3v) is 4.13. The first-order chi connectivity index (χ1) is 11.9. The fraction of sp³-hybridized carbons (Fsp3) is 0.353. The van der Waals surface area contributed by atoms with Crippen LogP contribution >= 0.6 is 0 Å². The second-order valence-corrected chi connectivity index (χ2v) is 6.07. The van der Waals surface area contributed by atoms with E-state index in [-0.39, 0.29) is 24.2 Å². The van der Waals surface area contributed by atoms with Gasteiger partial charge in [-0.25, -0.2) is 4.39 Å². The fourth-order valence-corrected chi connectivity index (χ4v) is 2.99. The standard InChI is InChI=1S/C17H20FN5O2/c1-11-14(9-22(2)21-11)20-15(24)10-23-8-7-19-17(25)16(23)12-3-5-13(18)6-4-12/h3-6,9,16H,7-8,10H2,1-2H3,(H,19,25)(H,20,24). The van der Waals surface area contributed by atoms with Gasteiger partial charge in [-0.2, -0.15) is 5.10 Å². The van der Waals surface area contributed by atoms with Crippen LogP contribution < -0.4 is 10.6 Å². The zero-order chi connectivity index (χ0) is 18.0. The molecule has 7 nitrogen and oxygen atoms in total. The van der Waals surface area contributed by atoms with Crippen molar-refractivity contribution in [1.82, 2.24) is 20.0 Å². The van der Waals surface area contributed by atoms with E-state index in [0.717, 1.165) is 5.69 Å². The van der Waals surface area contributed by atoms with Gasteiger partial charge in [-0.15, -0.1) is 0 Å². The Morgan fingerprint density at radius 3 is 2.76 bits per heavy atom. The van der Waals surface area contributed by atoms with Crippen molar-refractivity contribution < 1.29 is 14.0 Å². The number of hydrogen-bond acceptors (Lipinski definition) is 4. The molecular weight excluding hydrogens is 325 g/mol. The van der Waals surface area contributed by atoms with Crippen LogP contribution in [-0.2, 0) is 16.6 Å². The molecule has 1 aliphatic rings. The molecule has 0 saturated carbocycles. The molecule has 3 rings (SSSR count). The summed E-state index contributed by atoms with van der Waals surface area (Å²) >= 11 is 0. The zero-order valence-corrected chi connectivity index (χ0v) is 14.1. The minimum Gasteiger partial charge on any atom is -0.353 e. The van der Waals surface area contributed by atoms with Gasteiger partial charge in [0.2, 0.25) is 11.8 Å². The van der Waals surface area contributed by atoms with Crippen LogP contribution in [0.25, 0.3) is 0 Å². The first-order valence-corrected chi connectivity index (χ1v) is 8.01. The normalized spacial score (nSPS) is 18.0. The minimum absolute atomic E-state index is 0.0593. The first kappa shape index (κ1) is 17.1. The highest BCUT2D eigenvalue weighted by Crippen LogP contribution is 2.23. The Hall–Kier alpha value is -2.74. The molecule has 8 heteroatoms. The molecule has 25 heavy (non-hydrogen) atoms. The molecule has 0 radical (unpaired) electrons. The number of aromatic nitrogens is 2. The van der Waals surface area contributed by atoms with E-state index in [1.54, 1.807) is 35.0 Å². The monoisotopic (exact) mass is 345 g/mol. The summed E-state index contributed by atoms with van der Waals surface area (Å²) in [5.74, 6) is -0.780. The highest BCUT2D eigenvalue weighted by molar-refractivity contribution is 5.93. The Kier molecular flexibility index (Phi) is 4.80. The van der Waals surface area contributed by atoms with Gasteiger partial charge >= 0.3 is 0 Å².